The summed E-state index contributed by atoms with van der Waals surface area (Å²) >= 11 is -0.273. The minimum atomic E-state index is -4.39. The number of nitrogens with one attached hydrogen (secondary N) is 1. The highest BCUT2D eigenvalue weighted by Crippen LogP contribution is 2.36. The molecule has 0 fully saturated rings. The van der Waals surface area contributed by atoms with E-state index in [9.17, 15) is 22.8 Å². The summed E-state index contributed by atoms with van der Waals surface area (Å²) in [6.07, 6.45) is 0. The fourth-order valence-electron chi connectivity index (χ4n) is 2.15. The van der Waals surface area contributed by atoms with E-state index in [1.807, 2.05) is 26.0 Å². The first kappa shape index (κ1) is 19.8. The molecule has 26 heavy (non-hydrogen) atoms. The van der Waals surface area contributed by atoms with Gasteiger partial charge in [0, 0.05) is 10.6 Å². The Morgan fingerprint density at radius 1 is 1.08 bits per heavy atom. The number of halogens is 3. The number of anilines is 1. The number of benzene rings is 2. The highest BCUT2D eigenvalue weighted by Gasteiger charge is 2.29. The Kier molecular flexibility index (Phi) is 6.31. The van der Waals surface area contributed by atoms with Gasteiger partial charge in [0.05, 0.1) is 5.56 Å². The molecule has 0 aliphatic carbocycles. The van der Waals surface area contributed by atoms with E-state index in [0.29, 0.717) is 5.69 Å². The van der Waals surface area contributed by atoms with Gasteiger partial charge < -0.3 is 10.1 Å². The molecule has 0 aliphatic heterocycles. The first-order chi connectivity index (χ1) is 12.1. The van der Waals surface area contributed by atoms with Gasteiger partial charge in [-0.2, -0.15) is 13.2 Å². The van der Waals surface area contributed by atoms with Gasteiger partial charge >= 0.3 is 11.5 Å². The molecule has 8 heteroatoms. The van der Waals surface area contributed by atoms with Crippen molar-refractivity contribution in [3.63, 3.8) is 0 Å². The SMILES string of the molecule is Cc1ccc(NC(=O)COC(=O)c2ccc(SC(F)(F)F)cc2)c(C)c1. The maximum Gasteiger partial charge on any atom is 0.446 e. The predicted octanol–water partition coefficient (Wildman–Crippen LogP) is 4.71. The molecule has 1 amide bonds. The number of carbonyl (C=O) groups excluding carboxylic acids is 2. The molecule has 2 rings (SSSR count). The summed E-state index contributed by atoms with van der Waals surface area (Å²) in [5, 5.41) is 2.63. The molecule has 0 aliphatic rings. The van der Waals surface area contributed by atoms with Crippen molar-refractivity contribution in [1.29, 1.82) is 0 Å². The highest BCUT2D eigenvalue weighted by molar-refractivity contribution is 8.00. The Morgan fingerprint density at radius 3 is 2.31 bits per heavy atom. The summed E-state index contributed by atoms with van der Waals surface area (Å²) < 4.78 is 41.7. The van der Waals surface area contributed by atoms with Gasteiger partial charge in [-0.1, -0.05) is 17.7 Å². The van der Waals surface area contributed by atoms with Crippen LogP contribution >= 0.6 is 11.8 Å². The van der Waals surface area contributed by atoms with Crippen molar-refractivity contribution in [3.8, 4) is 0 Å². The van der Waals surface area contributed by atoms with E-state index in [1.165, 1.54) is 24.3 Å². The first-order valence-corrected chi connectivity index (χ1v) is 8.36. The highest BCUT2D eigenvalue weighted by atomic mass is 32.2. The molecular formula is C18H16F3NO3S. The van der Waals surface area contributed by atoms with E-state index in [-0.39, 0.29) is 22.2 Å². The van der Waals surface area contributed by atoms with Crippen molar-refractivity contribution in [3.05, 3.63) is 59.2 Å². The summed E-state index contributed by atoms with van der Waals surface area (Å²) in [5.41, 5.74) is -1.78. The van der Waals surface area contributed by atoms with Crippen LogP contribution in [0.2, 0.25) is 0 Å². The van der Waals surface area contributed by atoms with Gasteiger partial charge in [0.1, 0.15) is 0 Å². The first-order valence-electron chi connectivity index (χ1n) is 7.54. The van der Waals surface area contributed by atoms with Crippen molar-refractivity contribution in [2.75, 3.05) is 11.9 Å². The Morgan fingerprint density at radius 2 is 1.73 bits per heavy atom. The summed E-state index contributed by atoms with van der Waals surface area (Å²) in [5.74, 6) is -1.29. The van der Waals surface area contributed by atoms with Gasteiger partial charge in [-0.15, -0.1) is 0 Å². The number of aryl methyl sites for hydroxylation is 2. The average Bonchev–Trinajstić information content (AvgIpc) is 2.54. The number of hydrogen-bond acceptors (Lipinski definition) is 4. The van der Waals surface area contributed by atoms with Crippen LogP contribution in [0.25, 0.3) is 0 Å². The maximum atomic E-state index is 12.3. The predicted molar refractivity (Wildman–Crippen MR) is 93.2 cm³/mol. The summed E-state index contributed by atoms with van der Waals surface area (Å²) in [6.45, 7) is 3.28. The molecule has 0 spiro atoms. The smallest absolute Gasteiger partial charge is 0.446 e. The number of hydrogen-bond donors (Lipinski definition) is 1. The number of rotatable bonds is 5. The van der Waals surface area contributed by atoms with E-state index < -0.39 is 24.0 Å². The van der Waals surface area contributed by atoms with Gasteiger partial charge in [-0.3, -0.25) is 4.79 Å². The standard InChI is InChI=1S/C18H16F3NO3S/c1-11-3-8-15(12(2)9-11)22-16(23)10-25-17(24)13-4-6-14(7-5-13)26-18(19,20)21/h3-9H,10H2,1-2H3,(H,22,23). The monoisotopic (exact) mass is 383 g/mol. The Labute approximate surface area is 152 Å². The number of thioether (sulfide) groups is 1. The van der Waals surface area contributed by atoms with Crippen LogP contribution in [-0.4, -0.2) is 24.0 Å². The molecule has 138 valence electrons. The van der Waals surface area contributed by atoms with Gasteiger partial charge in [-0.05, 0) is 61.5 Å². The fourth-order valence-corrected chi connectivity index (χ4v) is 2.69. The Hall–Kier alpha value is -2.48. The zero-order valence-electron chi connectivity index (χ0n) is 14.0. The second-order valence-corrected chi connectivity index (χ2v) is 6.65. The normalized spacial score (nSPS) is 11.1. The molecule has 0 radical (unpaired) electrons. The minimum absolute atomic E-state index is 0.0401. The number of amides is 1. The lowest BCUT2D eigenvalue weighted by atomic mass is 10.1. The van der Waals surface area contributed by atoms with Crippen molar-refractivity contribution in [2.45, 2.75) is 24.3 Å². The zero-order valence-corrected chi connectivity index (χ0v) is 14.8. The van der Waals surface area contributed by atoms with Crippen LogP contribution in [0.3, 0.4) is 0 Å². The van der Waals surface area contributed by atoms with Crippen molar-refractivity contribution in [2.24, 2.45) is 0 Å². The van der Waals surface area contributed by atoms with E-state index in [1.54, 1.807) is 6.07 Å². The molecule has 0 aromatic heterocycles. The molecular weight excluding hydrogens is 367 g/mol. The summed E-state index contributed by atoms with van der Waals surface area (Å²) in [6, 6.07) is 10.3. The third-order valence-corrected chi connectivity index (χ3v) is 4.05. The van der Waals surface area contributed by atoms with E-state index >= 15 is 0 Å². The summed E-state index contributed by atoms with van der Waals surface area (Å²) in [4.78, 5) is 23.7. The minimum Gasteiger partial charge on any atom is -0.452 e. The second-order valence-electron chi connectivity index (χ2n) is 5.51. The third kappa shape index (κ3) is 6.11. The van der Waals surface area contributed by atoms with Crippen molar-refractivity contribution >= 4 is 29.3 Å². The maximum absolute atomic E-state index is 12.3. The Bertz CT molecular complexity index is 804. The van der Waals surface area contributed by atoms with E-state index in [4.69, 9.17) is 4.74 Å². The van der Waals surface area contributed by atoms with Crippen molar-refractivity contribution < 1.29 is 27.5 Å². The molecule has 0 saturated carbocycles. The number of carbonyl (C=O) groups is 2. The number of alkyl halides is 3. The third-order valence-electron chi connectivity index (χ3n) is 3.31. The van der Waals surface area contributed by atoms with E-state index in [2.05, 4.69) is 5.32 Å². The van der Waals surface area contributed by atoms with Crippen molar-refractivity contribution in [1.82, 2.24) is 0 Å². The van der Waals surface area contributed by atoms with Gasteiger partial charge in [0.25, 0.3) is 5.91 Å². The van der Waals surface area contributed by atoms with Crippen LogP contribution in [-0.2, 0) is 9.53 Å². The molecule has 0 heterocycles. The average molecular weight is 383 g/mol. The topological polar surface area (TPSA) is 55.4 Å². The molecule has 0 bridgehead atoms. The molecule has 4 nitrogen and oxygen atoms in total. The molecule has 2 aromatic carbocycles. The van der Waals surface area contributed by atoms with Gasteiger partial charge in [-0.25, -0.2) is 4.79 Å². The van der Waals surface area contributed by atoms with Gasteiger partial charge in [0.15, 0.2) is 6.61 Å². The summed E-state index contributed by atoms with van der Waals surface area (Å²) in [7, 11) is 0. The molecule has 0 atom stereocenters. The number of ether oxygens (including phenoxy) is 1. The molecule has 0 unspecified atom stereocenters. The van der Waals surface area contributed by atoms with Gasteiger partial charge in [0.2, 0.25) is 0 Å². The Balaban J connectivity index is 1.88. The second kappa shape index (κ2) is 8.27. The largest absolute Gasteiger partial charge is 0.452 e. The van der Waals surface area contributed by atoms with Crippen LogP contribution in [0.5, 0.6) is 0 Å². The lowest BCUT2D eigenvalue weighted by molar-refractivity contribution is -0.119. The van der Waals surface area contributed by atoms with E-state index in [0.717, 1.165) is 11.1 Å². The van der Waals surface area contributed by atoms with Crippen LogP contribution in [0, 0.1) is 13.8 Å². The lowest BCUT2D eigenvalue weighted by Gasteiger charge is -2.10. The fraction of sp³-hybridized carbons (Fsp3) is 0.222. The quantitative estimate of drug-likeness (QED) is 0.600. The number of esters is 1. The zero-order chi connectivity index (χ0) is 19.3. The lowest BCUT2D eigenvalue weighted by Crippen LogP contribution is -2.21. The molecule has 1 N–H and O–H groups in total. The molecule has 2 aromatic rings. The van der Waals surface area contributed by atoms with Crippen LogP contribution in [0.1, 0.15) is 21.5 Å². The van der Waals surface area contributed by atoms with Crippen LogP contribution < -0.4 is 5.32 Å². The van der Waals surface area contributed by atoms with Crippen LogP contribution in [0.4, 0.5) is 18.9 Å². The van der Waals surface area contributed by atoms with Crippen LogP contribution in [0.15, 0.2) is 47.4 Å². The molecule has 0 saturated heterocycles.